The Kier molecular flexibility index (Phi) is 18.0. The average molecular weight is 453 g/mol. The predicted octanol–water partition coefficient (Wildman–Crippen LogP) is 6.43. The zero-order valence-corrected chi connectivity index (χ0v) is 20.9. The highest BCUT2D eigenvalue weighted by molar-refractivity contribution is 5.81. The first-order valence-electron chi connectivity index (χ1n) is 12.5. The van der Waals surface area contributed by atoms with Crippen LogP contribution in [0.1, 0.15) is 105 Å². The molecule has 0 saturated carbocycles. The minimum absolute atomic E-state index is 0.000869. The third-order valence-corrected chi connectivity index (χ3v) is 5.77. The van der Waals surface area contributed by atoms with E-state index >= 15 is 0 Å². The van der Waals surface area contributed by atoms with Crippen molar-refractivity contribution in [3.05, 3.63) is 24.3 Å². The van der Waals surface area contributed by atoms with Gasteiger partial charge in [-0.15, -0.1) is 0 Å². The van der Waals surface area contributed by atoms with Crippen molar-refractivity contribution in [2.75, 3.05) is 13.2 Å². The van der Waals surface area contributed by atoms with Gasteiger partial charge in [-0.3, -0.25) is 4.79 Å². The van der Waals surface area contributed by atoms with E-state index in [1.807, 2.05) is 6.92 Å². The summed E-state index contributed by atoms with van der Waals surface area (Å²) in [6.07, 6.45) is 14.9. The fourth-order valence-electron chi connectivity index (χ4n) is 3.28. The van der Waals surface area contributed by atoms with Gasteiger partial charge in [0.2, 0.25) is 0 Å². The van der Waals surface area contributed by atoms with E-state index in [0.29, 0.717) is 12.2 Å². The van der Waals surface area contributed by atoms with Gasteiger partial charge >= 0.3 is 0 Å². The highest BCUT2D eigenvalue weighted by atomic mass is 16.5. The summed E-state index contributed by atoms with van der Waals surface area (Å²) in [6, 6.07) is 6.36. The maximum absolute atomic E-state index is 11.9. The Hall–Kier alpha value is -1.59. The summed E-state index contributed by atoms with van der Waals surface area (Å²) < 4.78 is 5.05. The molecule has 0 radical (unpaired) electrons. The van der Waals surface area contributed by atoms with E-state index < -0.39 is 5.60 Å². The summed E-state index contributed by atoms with van der Waals surface area (Å²) in [7, 11) is 0. The normalized spacial score (nSPS) is 12.1. The largest absolute Gasteiger partial charge is 0.508 e. The lowest BCUT2D eigenvalue weighted by atomic mass is 9.87. The van der Waals surface area contributed by atoms with Crippen LogP contribution in [0.5, 0.6) is 11.5 Å². The van der Waals surface area contributed by atoms with Gasteiger partial charge in [-0.25, -0.2) is 0 Å². The molecule has 0 heterocycles. The lowest BCUT2D eigenvalue weighted by molar-refractivity contribution is -0.129. The van der Waals surface area contributed by atoms with Crippen LogP contribution in [0.4, 0.5) is 0 Å². The van der Waals surface area contributed by atoms with Crippen molar-refractivity contribution in [1.82, 2.24) is 0 Å². The molecule has 0 aliphatic carbocycles. The minimum Gasteiger partial charge on any atom is -0.508 e. The van der Waals surface area contributed by atoms with E-state index in [9.17, 15) is 9.90 Å². The Bertz CT molecular complexity index is 562. The molecule has 0 amide bonds. The van der Waals surface area contributed by atoms with Crippen molar-refractivity contribution in [1.29, 1.82) is 0 Å². The second kappa shape index (κ2) is 18.9. The lowest BCUT2D eigenvalue weighted by Crippen LogP contribution is -2.34. The van der Waals surface area contributed by atoms with Crippen molar-refractivity contribution >= 4 is 5.78 Å². The van der Waals surface area contributed by atoms with Gasteiger partial charge in [0.05, 0.1) is 12.2 Å². The summed E-state index contributed by atoms with van der Waals surface area (Å²) in [6.45, 7) is 7.81. The number of phenols is 1. The number of ether oxygens (including phenoxy) is 1. The van der Waals surface area contributed by atoms with Gasteiger partial charge < -0.3 is 20.1 Å². The molecule has 0 bridgehead atoms. The Labute approximate surface area is 196 Å². The van der Waals surface area contributed by atoms with Crippen molar-refractivity contribution in [2.24, 2.45) is 5.92 Å². The molecular formula is C27H48O5. The van der Waals surface area contributed by atoms with E-state index in [2.05, 4.69) is 6.92 Å². The summed E-state index contributed by atoms with van der Waals surface area (Å²) in [5, 5.41) is 27.1. The highest BCUT2D eigenvalue weighted by Crippen LogP contribution is 2.20. The van der Waals surface area contributed by atoms with Gasteiger partial charge in [0.1, 0.15) is 23.9 Å². The number of benzene rings is 1. The van der Waals surface area contributed by atoms with Gasteiger partial charge in [0.25, 0.3) is 0 Å². The van der Waals surface area contributed by atoms with Gasteiger partial charge in [0.15, 0.2) is 0 Å². The second-order valence-electron chi connectivity index (χ2n) is 9.19. The van der Waals surface area contributed by atoms with E-state index in [4.69, 9.17) is 14.9 Å². The lowest BCUT2D eigenvalue weighted by Gasteiger charge is -2.24. The quantitative estimate of drug-likeness (QED) is 0.237. The number of Topliss-reactive ketones (excluding diaryl/α,β-unsaturated/α-hetero) is 1. The number of aromatic hydroxyl groups is 1. The number of carbonyl (C=O) groups is 1. The molecule has 0 aliphatic rings. The summed E-state index contributed by atoms with van der Waals surface area (Å²) in [4.78, 5) is 11.9. The van der Waals surface area contributed by atoms with Crippen LogP contribution >= 0.6 is 0 Å². The molecule has 1 rings (SSSR count). The molecule has 5 nitrogen and oxygen atoms in total. The van der Waals surface area contributed by atoms with E-state index in [1.54, 1.807) is 26.0 Å². The first kappa shape index (κ1) is 30.4. The third kappa shape index (κ3) is 17.0. The molecule has 0 spiro atoms. The van der Waals surface area contributed by atoms with Gasteiger partial charge in [-0.1, -0.05) is 78.1 Å². The minimum atomic E-state index is -0.880. The SMILES string of the molecule is CCCCCCCCCCCCCC(=O)C(C)C(C)(C)O.OCCOc1ccc(O)cc1. The van der Waals surface area contributed by atoms with Crippen molar-refractivity contribution in [3.8, 4) is 11.5 Å². The van der Waals surface area contributed by atoms with Crippen LogP contribution in [0, 0.1) is 5.92 Å². The molecule has 1 atom stereocenters. The van der Waals surface area contributed by atoms with E-state index in [1.165, 1.54) is 69.9 Å². The number of rotatable bonds is 17. The van der Waals surface area contributed by atoms with Gasteiger partial charge in [-0.05, 0) is 44.5 Å². The molecule has 186 valence electrons. The smallest absolute Gasteiger partial charge is 0.138 e. The molecule has 0 aliphatic heterocycles. The first-order valence-corrected chi connectivity index (χ1v) is 12.5. The summed E-state index contributed by atoms with van der Waals surface area (Å²) >= 11 is 0. The Morgan fingerprint density at radius 3 is 1.81 bits per heavy atom. The third-order valence-electron chi connectivity index (χ3n) is 5.77. The number of ketones is 1. The van der Waals surface area contributed by atoms with Crippen LogP contribution in [-0.2, 0) is 4.79 Å². The monoisotopic (exact) mass is 452 g/mol. The molecule has 0 saturated heterocycles. The number of phenolic OH excluding ortho intramolecular Hbond substituents is 1. The molecule has 0 aromatic heterocycles. The van der Waals surface area contributed by atoms with Crippen LogP contribution in [-0.4, -0.2) is 39.9 Å². The fraction of sp³-hybridized carbons (Fsp3) is 0.741. The van der Waals surface area contributed by atoms with Crippen LogP contribution in [0.25, 0.3) is 0 Å². The molecular weight excluding hydrogens is 404 g/mol. The number of hydrogen-bond donors (Lipinski definition) is 3. The van der Waals surface area contributed by atoms with Crippen molar-refractivity contribution in [3.63, 3.8) is 0 Å². The maximum Gasteiger partial charge on any atom is 0.138 e. The number of carbonyl (C=O) groups excluding carboxylic acids is 1. The number of aliphatic hydroxyl groups excluding tert-OH is 1. The zero-order valence-electron chi connectivity index (χ0n) is 20.9. The predicted molar refractivity (Wildman–Crippen MR) is 132 cm³/mol. The molecule has 0 fully saturated rings. The van der Waals surface area contributed by atoms with Gasteiger partial charge in [0, 0.05) is 12.3 Å². The van der Waals surface area contributed by atoms with Crippen LogP contribution < -0.4 is 4.74 Å². The Balaban J connectivity index is 0.000000726. The van der Waals surface area contributed by atoms with Crippen LogP contribution in [0.15, 0.2) is 24.3 Å². The van der Waals surface area contributed by atoms with Crippen LogP contribution in [0.2, 0.25) is 0 Å². The molecule has 5 heteroatoms. The molecule has 1 unspecified atom stereocenters. The van der Waals surface area contributed by atoms with E-state index in [0.717, 1.165) is 12.8 Å². The van der Waals surface area contributed by atoms with Gasteiger partial charge in [-0.2, -0.15) is 0 Å². The number of hydrogen-bond acceptors (Lipinski definition) is 5. The fourth-order valence-corrected chi connectivity index (χ4v) is 3.28. The van der Waals surface area contributed by atoms with Crippen molar-refractivity contribution < 1.29 is 24.9 Å². The molecule has 1 aromatic rings. The number of unbranched alkanes of at least 4 members (excludes halogenated alkanes) is 10. The Morgan fingerprint density at radius 2 is 1.38 bits per heavy atom. The van der Waals surface area contributed by atoms with Crippen molar-refractivity contribution in [2.45, 2.75) is 110 Å². The molecule has 1 aromatic carbocycles. The maximum atomic E-state index is 11.9. The average Bonchev–Trinajstić information content (AvgIpc) is 2.76. The standard InChI is InChI=1S/C19H38O2.C8H10O3/c1-5-6-7-8-9-10-11-12-13-14-15-16-18(20)17(2)19(3,4)21;9-5-6-11-8-3-1-7(10)2-4-8/h17,21H,5-16H2,1-4H3;1-4,9-10H,5-6H2. The molecule has 32 heavy (non-hydrogen) atoms. The highest BCUT2D eigenvalue weighted by Gasteiger charge is 2.27. The van der Waals surface area contributed by atoms with Crippen LogP contribution in [0.3, 0.4) is 0 Å². The zero-order chi connectivity index (χ0) is 24.2. The molecule has 3 N–H and O–H groups in total. The topological polar surface area (TPSA) is 87.0 Å². The second-order valence-corrected chi connectivity index (χ2v) is 9.19. The number of aliphatic hydroxyl groups is 2. The summed E-state index contributed by atoms with van der Waals surface area (Å²) in [5.74, 6) is 0.817. The summed E-state index contributed by atoms with van der Waals surface area (Å²) in [5.41, 5.74) is -0.880. The Morgan fingerprint density at radius 1 is 0.906 bits per heavy atom. The van der Waals surface area contributed by atoms with E-state index in [-0.39, 0.29) is 30.7 Å². The first-order chi connectivity index (χ1) is 15.2.